The van der Waals surface area contributed by atoms with Crippen LogP contribution in [0.15, 0.2) is 0 Å². The molecule has 0 aliphatic heterocycles. The zero-order valence-electron chi connectivity index (χ0n) is 11.3. The van der Waals surface area contributed by atoms with Gasteiger partial charge in [-0.15, -0.1) is 0 Å². The Bertz CT molecular complexity index is 422. The van der Waals surface area contributed by atoms with Crippen LogP contribution in [-0.2, 0) is 11.8 Å². The smallest absolute Gasteiger partial charge is 0.339 e. The second-order valence-electron chi connectivity index (χ2n) is 4.49. The number of carbonyl (C=O) groups is 1. The molecule has 0 aromatic carbocycles. The number of esters is 1. The summed E-state index contributed by atoms with van der Waals surface area (Å²) in [4.78, 5) is 11.9. The van der Waals surface area contributed by atoms with Crippen molar-refractivity contribution >= 4 is 5.97 Å². The van der Waals surface area contributed by atoms with Gasteiger partial charge in [0, 0.05) is 18.4 Å². The number of nitrogens with two attached hydrogens (primary N) is 1. The van der Waals surface area contributed by atoms with Crippen LogP contribution in [0, 0.1) is 13.8 Å². The number of hydrogen-bond donors (Lipinski definition) is 1. The Hall–Kier alpha value is -1.29. The highest BCUT2D eigenvalue weighted by atomic mass is 16.5. The fourth-order valence-electron chi connectivity index (χ4n) is 2.33. The van der Waals surface area contributed by atoms with E-state index in [1.165, 1.54) is 7.11 Å². The molecule has 1 aromatic heterocycles. The van der Waals surface area contributed by atoms with Crippen LogP contribution in [0.25, 0.3) is 0 Å². The molecule has 0 aliphatic rings. The number of aromatic nitrogens is 1. The molecule has 4 heteroatoms. The van der Waals surface area contributed by atoms with Crippen LogP contribution in [0.3, 0.4) is 0 Å². The molecule has 4 nitrogen and oxygen atoms in total. The molecule has 1 rings (SSSR count). The lowest BCUT2D eigenvalue weighted by Crippen LogP contribution is -2.10. The lowest BCUT2D eigenvalue weighted by molar-refractivity contribution is 0.0598. The van der Waals surface area contributed by atoms with Crippen molar-refractivity contribution in [2.24, 2.45) is 12.8 Å². The summed E-state index contributed by atoms with van der Waals surface area (Å²) in [5, 5.41) is 0. The number of methoxy groups -OCH3 is 1. The normalized spacial score (nSPS) is 12.6. The summed E-state index contributed by atoms with van der Waals surface area (Å²) >= 11 is 0. The fourth-order valence-corrected chi connectivity index (χ4v) is 2.33. The van der Waals surface area contributed by atoms with E-state index in [1.54, 1.807) is 0 Å². The molecule has 0 amide bonds. The number of rotatable bonds is 4. The Labute approximate surface area is 103 Å². The summed E-state index contributed by atoms with van der Waals surface area (Å²) in [5.74, 6) is 0.0130. The van der Waals surface area contributed by atoms with Crippen molar-refractivity contribution in [3.63, 3.8) is 0 Å². The van der Waals surface area contributed by atoms with Crippen molar-refractivity contribution < 1.29 is 9.53 Å². The maximum atomic E-state index is 11.9. The van der Waals surface area contributed by atoms with Gasteiger partial charge in [-0.05, 0) is 38.3 Å². The predicted octanol–water partition coefficient (Wildman–Crippen LogP) is 1.88. The first-order valence-electron chi connectivity index (χ1n) is 5.89. The number of carbonyl (C=O) groups excluding carboxylic acids is 1. The largest absolute Gasteiger partial charge is 0.465 e. The molecule has 1 aromatic rings. The standard InChI is InChI=1S/C13H22N2O2/c1-8(6-7-14)11-9(2)15(4)10(3)12(11)13(16)17-5/h8H,6-7,14H2,1-5H3. The topological polar surface area (TPSA) is 57.2 Å². The second kappa shape index (κ2) is 5.36. The Balaban J connectivity index is 3.36. The van der Waals surface area contributed by atoms with Crippen LogP contribution < -0.4 is 5.73 Å². The number of hydrogen-bond acceptors (Lipinski definition) is 3. The molecule has 1 unspecified atom stereocenters. The monoisotopic (exact) mass is 238 g/mol. The Morgan fingerprint density at radius 2 is 2.00 bits per heavy atom. The van der Waals surface area contributed by atoms with E-state index in [0.717, 1.165) is 23.4 Å². The zero-order valence-corrected chi connectivity index (χ0v) is 11.3. The van der Waals surface area contributed by atoms with Gasteiger partial charge in [0.2, 0.25) is 0 Å². The molecule has 0 spiro atoms. The average Bonchev–Trinajstić information content (AvgIpc) is 2.53. The van der Waals surface area contributed by atoms with Crippen molar-refractivity contribution in [2.75, 3.05) is 13.7 Å². The van der Waals surface area contributed by atoms with Gasteiger partial charge >= 0.3 is 5.97 Å². The molecule has 0 saturated carbocycles. The maximum Gasteiger partial charge on any atom is 0.339 e. The van der Waals surface area contributed by atoms with Crippen molar-refractivity contribution in [2.45, 2.75) is 33.1 Å². The van der Waals surface area contributed by atoms with Gasteiger partial charge in [0.05, 0.1) is 12.7 Å². The van der Waals surface area contributed by atoms with E-state index >= 15 is 0 Å². The summed E-state index contributed by atoms with van der Waals surface area (Å²) < 4.78 is 6.91. The Morgan fingerprint density at radius 1 is 1.41 bits per heavy atom. The number of nitrogens with zero attached hydrogens (tertiary/aromatic N) is 1. The zero-order chi connectivity index (χ0) is 13.2. The predicted molar refractivity (Wildman–Crippen MR) is 68.3 cm³/mol. The molecule has 0 aliphatic carbocycles. The second-order valence-corrected chi connectivity index (χ2v) is 4.49. The molecule has 0 saturated heterocycles. The molecule has 1 atom stereocenters. The van der Waals surface area contributed by atoms with Gasteiger partial charge in [-0.3, -0.25) is 0 Å². The van der Waals surface area contributed by atoms with E-state index in [4.69, 9.17) is 10.5 Å². The third kappa shape index (κ3) is 2.36. The molecule has 17 heavy (non-hydrogen) atoms. The van der Waals surface area contributed by atoms with Crippen molar-refractivity contribution in [3.05, 3.63) is 22.5 Å². The van der Waals surface area contributed by atoms with Gasteiger partial charge in [-0.1, -0.05) is 6.92 Å². The van der Waals surface area contributed by atoms with Gasteiger partial charge in [0.25, 0.3) is 0 Å². The minimum absolute atomic E-state index is 0.259. The fraction of sp³-hybridized carbons (Fsp3) is 0.615. The molecule has 2 N–H and O–H groups in total. The summed E-state index contributed by atoms with van der Waals surface area (Å²) in [5.41, 5.74) is 9.44. The third-order valence-corrected chi connectivity index (χ3v) is 3.51. The average molecular weight is 238 g/mol. The van der Waals surface area contributed by atoms with Crippen LogP contribution in [0.4, 0.5) is 0 Å². The van der Waals surface area contributed by atoms with E-state index in [-0.39, 0.29) is 11.9 Å². The summed E-state index contributed by atoms with van der Waals surface area (Å²) in [6, 6.07) is 0. The maximum absolute atomic E-state index is 11.9. The minimum atomic E-state index is -0.259. The first kappa shape index (κ1) is 13.8. The third-order valence-electron chi connectivity index (χ3n) is 3.51. The van der Waals surface area contributed by atoms with Crippen molar-refractivity contribution in [3.8, 4) is 0 Å². The van der Waals surface area contributed by atoms with Crippen LogP contribution in [0.1, 0.15) is 46.6 Å². The molecule has 96 valence electrons. The molecular weight excluding hydrogens is 216 g/mol. The van der Waals surface area contributed by atoms with Gasteiger partial charge in [0.1, 0.15) is 0 Å². The summed E-state index contributed by atoms with van der Waals surface area (Å²) in [6.45, 7) is 6.69. The summed E-state index contributed by atoms with van der Waals surface area (Å²) in [7, 11) is 3.39. The van der Waals surface area contributed by atoms with E-state index in [1.807, 2.05) is 25.5 Å². The molecule has 0 bridgehead atoms. The summed E-state index contributed by atoms with van der Waals surface area (Å²) in [6.07, 6.45) is 0.869. The van der Waals surface area contributed by atoms with Crippen molar-refractivity contribution in [1.82, 2.24) is 4.57 Å². The van der Waals surface area contributed by atoms with E-state index in [9.17, 15) is 4.79 Å². The van der Waals surface area contributed by atoms with Crippen LogP contribution in [-0.4, -0.2) is 24.2 Å². The van der Waals surface area contributed by atoms with E-state index in [0.29, 0.717) is 12.1 Å². The Morgan fingerprint density at radius 3 is 2.47 bits per heavy atom. The van der Waals surface area contributed by atoms with E-state index < -0.39 is 0 Å². The first-order valence-corrected chi connectivity index (χ1v) is 5.89. The molecule has 0 radical (unpaired) electrons. The molecule has 0 fully saturated rings. The van der Waals surface area contributed by atoms with Crippen LogP contribution in [0.5, 0.6) is 0 Å². The quantitative estimate of drug-likeness (QED) is 0.815. The van der Waals surface area contributed by atoms with Gasteiger partial charge < -0.3 is 15.0 Å². The highest BCUT2D eigenvalue weighted by Crippen LogP contribution is 2.30. The molecular formula is C13H22N2O2. The number of ether oxygens (including phenoxy) is 1. The van der Waals surface area contributed by atoms with Crippen LogP contribution >= 0.6 is 0 Å². The first-order chi connectivity index (χ1) is 7.95. The Kier molecular flexibility index (Phi) is 4.34. The highest BCUT2D eigenvalue weighted by Gasteiger charge is 2.25. The van der Waals surface area contributed by atoms with Crippen molar-refractivity contribution in [1.29, 1.82) is 0 Å². The van der Waals surface area contributed by atoms with Gasteiger partial charge in [-0.25, -0.2) is 4.79 Å². The van der Waals surface area contributed by atoms with E-state index in [2.05, 4.69) is 6.92 Å². The SMILES string of the molecule is COC(=O)c1c(C(C)CCN)c(C)n(C)c1C. The highest BCUT2D eigenvalue weighted by molar-refractivity contribution is 5.93. The van der Waals surface area contributed by atoms with Gasteiger partial charge in [-0.2, -0.15) is 0 Å². The lowest BCUT2D eigenvalue weighted by Gasteiger charge is -2.12. The van der Waals surface area contributed by atoms with Gasteiger partial charge in [0.15, 0.2) is 0 Å². The van der Waals surface area contributed by atoms with Crippen LogP contribution in [0.2, 0.25) is 0 Å². The molecule has 1 heterocycles. The lowest BCUT2D eigenvalue weighted by atomic mass is 9.93. The minimum Gasteiger partial charge on any atom is -0.465 e.